The Bertz CT molecular complexity index is 279. The van der Waals surface area contributed by atoms with E-state index in [2.05, 4.69) is 0 Å². The van der Waals surface area contributed by atoms with Crippen LogP contribution in [-0.2, 0) is 0 Å². The number of hydrogen-bond donors (Lipinski definition) is 2. The number of aliphatic hydroxyl groups is 2. The van der Waals surface area contributed by atoms with Crippen LogP contribution < -0.4 is 0 Å². The van der Waals surface area contributed by atoms with E-state index in [4.69, 9.17) is 46.4 Å². The van der Waals surface area contributed by atoms with Crippen molar-refractivity contribution >= 4 is 46.4 Å². The fraction of sp³-hybridized carbons (Fsp3) is 0.500. The molecule has 0 aliphatic heterocycles. The Balaban J connectivity index is 3.46. The molecule has 14 heavy (non-hydrogen) atoms. The Kier molecular flexibility index (Phi) is 3.20. The standard InChI is InChI=1S/C8H8Cl4O2/c1-7(13)3(9)5(11)8(2,14)6(12)4(7)10/h13-14H,1-2H3. The monoisotopic (exact) mass is 276 g/mol. The molecule has 0 saturated heterocycles. The third-order valence-corrected chi connectivity index (χ3v) is 4.52. The summed E-state index contributed by atoms with van der Waals surface area (Å²) in [7, 11) is 0. The second-order valence-corrected chi connectivity index (χ2v) is 4.91. The average Bonchev–Trinajstić information content (AvgIpc) is 2.11. The highest BCUT2D eigenvalue weighted by Crippen LogP contribution is 2.49. The zero-order valence-corrected chi connectivity index (χ0v) is 10.4. The van der Waals surface area contributed by atoms with Crippen molar-refractivity contribution in [2.45, 2.75) is 25.0 Å². The summed E-state index contributed by atoms with van der Waals surface area (Å²) in [5.74, 6) is 0. The van der Waals surface area contributed by atoms with Gasteiger partial charge in [0.15, 0.2) is 0 Å². The lowest BCUT2D eigenvalue weighted by atomic mass is 9.90. The minimum atomic E-state index is -1.64. The maximum Gasteiger partial charge on any atom is 0.135 e. The van der Waals surface area contributed by atoms with Gasteiger partial charge in [-0.05, 0) is 13.8 Å². The van der Waals surface area contributed by atoms with Gasteiger partial charge in [-0.25, -0.2) is 0 Å². The van der Waals surface area contributed by atoms with Gasteiger partial charge in [0.1, 0.15) is 11.2 Å². The Morgan fingerprint density at radius 3 is 1.00 bits per heavy atom. The lowest BCUT2D eigenvalue weighted by Gasteiger charge is -2.36. The van der Waals surface area contributed by atoms with Crippen molar-refractivity contribution in [3.05, 3.63) is 20.1 Å². The molecule has 80 valence electrons. The SMILES string of the molecule is CC1(O)C(Cl)=C(Cl)C(C)(O)C(Cl)=C1Cl. The number of hydrogen-bond acceptors (Lipinski definition) is 2. The molecule has 0 amide bonds. The number of halogens is 4. The molecule has 0 unspecified atom stereocenters. The second-order valence-electron chi connectivity index (χ2n) is 3.40. The Morgan fingerprint density at radius 1 is 0.714 bits per heavy atom. The molecular formula is C8H8Cl4O2. The summed E-state index contributed by atoms with van der Waals surface area (Å²) in [5, 5.41) is 19.1. The van der Waals surface area contributed by atoms with Crippen LogP contribution in [-0.4, -0.2) is 21.4 Å². The zero-order valence-electron chi connectivity index (χ0n) is 7.41. The summed E-state index contributed by atoms with van der Waals surface area (Å²) in [6.07, 6.45) is 0. The second kappa shape index (κ2) is 3.55. The normalized spacial score (nSPS) is 39.4. The first kappa shape index (κ1) is 12.6. The van der Waals surface area contributed by atoms with Gasteiger partial charge in [-0.1, -0.05) is 46.4 Å². The van der Waals surface area contributed by atoms with Crippen molar-refractivity contribution < 1.29 is 10.2 Å². The van der Waals surface area contributed by atoms with E-state index >= 15 is 0 Å². The zero-order chi connectivity index (χ0) is 11.3. The molecule has 0 spiro atoms. The van der Waals surface area contributed by atoms with Crippen LogP contribution in [0.25, 0.3) is 0 Å². The third-order valence-electron chi connectivity index (χ3n) is 2.09. The first-order chi connectivity index (χ1) is 6.13. The molecule has 0 heterocycles. The van der Waals surface area contributed by atoms with Crippen LogP contribution in [0.2, 0.25) is 0 Å². The molecule has 0 bridgehead atoms. The van der Waals surface area contributed by atoms with Crippen molar-refractivity contribution in [3.8, 4) is 0 Å². The van der Waals surface area contributed by atoms with Gasteiger partial charge in [-0.3, -0.25) is 0 Å². The highest BCUT2D eigenvalue weighted by atomic mass is 35.5. The molecule has 6 heteroatoms. The van der Waals surface area contributed by atoms with Gasteiger partial charge in [0.25, 0.3) is 0 Å². The molecule has 0 atom stereocenters. The summed E-state index contributed by atoms with van der Waals surface area (Å²) in [6.45, 7) is 2.69. The van der Waals surface area contributed by atoms with E-state index in [0.717, 1.165) is 0 Å². The minimum absolute atomic E-state index is 0.126. The smallest absolute Gasteiger partial charge is 0.135 e. The van der Waals surface area contributed by atoms with Crippen LogP contribution in [0.1, 0.15) is 13.8 Å². The van der Waals surface area contributed by atoms with Gasteiger partial charge < -0.3 is 10.2 Å². The maximum absolute atomic E-state index is 9.82. The Hall–Kier alpha value is 0.560. The fourth-order valence-corrected chi connectivity index (χ4v) is 2.26. The fourth-order valence-electron chi connectivity index (χ4n) is 1.05. The summed E-state index contributed by atoms with van der Waals surface area (Å²) >= 11 is 23.1. The first-order valence-corrected chi connectivity index (χ1v) is 5.22. The van der Waals surface area contributed by atoms with E-state index in [1.807, 2.05) is 0 Å². The molecule has 2 nitrogen and oxygen atoms in total. The van der Waals surface area contributed by atoms with Gasteiger partial charge >= 0.3 is 0 Å². The van der Waals surface area contributed by atoms with Crippen LogP contribution in [0, 0.1) is 0 Å². The summed E-state index contributed by atoms with van der Waals surface area (Å²) in [6, 6.07) is 0. The highest BCUT2D eigenvalue weighted by Gasteiger charge is 2.46. The van der Waals surface area contributed by atoms with Crippen LogP contribution in [0.15, 0.2) is 20.1 Å². The first-order valence-electron chi connectivity index (χ1n) is 3.70. The molecule has 1 aliphatic rings. The molecule has 0 aromatic heterocycles. The van der Waals surface area contributed by atoms with E-state index in [0.29, 0.717) is 0 Å². The molecule has 1 aliphatic carbocycles. The molecule has 0 aromatic rings. The van der Waals surface area contributed by atoms with Gasteiger partial charge in [-0.2, -0.15) is 0 Å². The molecule has 0 fully saturated rings. The molecule has 2 N–H and O–H groups in total. The van der Waals surface area contributed by atoms with E-state index in [1.54, 1.807) is 0 Å². The van der Waals surface area contributed by atoms with Gasteiger partial charge in [0.05, 0.1) is 20.1 Å². The van der Waals surface area contributed by atoms with Crippen LogP contribution in [0.5, 0.6) is 0 Å². The topological polar surface area (TPSA) is 40.5 Å². The molecular weight excluding hydrogens is 270 g/mol. The van der Waals surface area contributed by atoms with Crippen molar-refractivity contribution in [3.63, 3.8) is 0 Å². The largest absolute Gasteiger partial charge is 0.379 e. The average molecular weight is 278 g/mol. The summed E-state index contributed by atoms with van der Waals surface area (Å²) in [5.41, 5.74) is -3.28. The van der Waals surface area contributed by atoms with E-state index in [9.17, 15) is 10.2 Å². The quantitative estimate of drug-likeness (QED) is 0.715. The Labute approximate surface area is 102 Å². The Morgan fingerprint density at radius 2 is 0.857 bits per heavy atom. The summed E-state index contributed by atoms with van der Waals surface area (Å²) in [4.78, 5) is 0. The van der Waals surface area contributed by atoms with Crippen LogP contribution >= 0.6 is 46.4 Å². The maximum atomic E-state index is 9.82. The van der Waals surface area contributed by atoms with Crippen molar-refractivity contribution in [1.29, 1.82) is 0 Å². The van der Waals surface area contributed by atoms with Crippen molar-refractivity contribution in [2.24, 2.45) is 0 Å². The van der Waals surface area contributed by atoms with Crippen LogP contribution in [0.4, 0.5) is 0 Å². The molecule has 0 saturated carbocycles. The van der Waals surface area contributed by atoms with Crippen molar-refractivity contribution in [2.75, 3.05) is 0 Å². The molecule has 0 aromatic carbocycles. The number of rotatable bonds is 0. The molecule has 0 radical (unpaired) electrons. The molecule has 1 rings (SSSR count). The predicted molar refractivity (Wildman–Crippen MR) is 58.7 cm³/mol. The van der Waals surface area contributed by atoms with E-state index < -0.39 is 11.2 Å². The van der Waals surface area contributed by atoms with Crippen LogP contribution in [0.3, 0.4) is 0 Å². The highest BCUT2D eigenvalue weighted by molar-refractivity contribution is 6.47. The summed E-state index contributed by atoms with van der Waals surface area (Å²) < 4.78 is 0. The predicted octanol–water partition coefficient (Wildman–Crippen LogP) is 2.88. The van der Waals surface area contributed by atoms with E-state index in [1.165, 1.54) is 13.8 Å². The lowest BCUT2D eigenvalue weighted by Crippen LogP contribution is -2.39. The minimum Gasteiger partial charge on any atom is -0.379 e. The van der Waals surface area contributed by atoms with Gasteiger partial charge in [0, 0.05) is 0 Å². The van der Waals surface area contributed by atoms with Gasteiger partial charge in [-0.15, -0.1) is 0 Å². The third kappa shape index (κ3) is 1.58. The van der Waals surface area contributed by atoms with Gasteiger partial charge in [0.2, 0.25) is 0 Å². The lowest BCUT2D eigenvalue weighted by molar-refractivity contribution is 0.113. The van der Waals surface area contributed by atoms with Crippen molar-refractivity contribution in [1.82, 2.24) is 0 Å². The van der Waals surface area contributed by atoms with E-state index in [-0.39, 0.29) is 20.1 Å².